The van der Waals surface area contributed by atoms with E-state index in [1.54, 1.807) is 14.0 Å². The Morgan fingerprint density at radius 2 is 2.07 bits per heavy atom. The minimum absolute atomic E-state index is 0.331. The van der Waals surface area contributed by atoms with Gasteiger partial charge in [-0.05, 0) is 32.9 Å². The van der Waals surface area contributed by atoms with Crippen molar-refractivity contribution in [3.63, 3.8) is 0 Å². The van der Waals surface area contributed by atoms with Gasteiger partial charge in [0.2, 0.25) is 0 Å². The maximum Gasteiger partial charge on any atom is 0.0741 e. The van der Waals surface area contributed by atoms with Crippen LogP contribution in [0.4, 0.5) is 0 Å². The number of hydrogen-bond acceptors (Lipinski definition) is 4. The predicted molar refractivity (Wildman–Crippen MR) is 62.9 cm³/mol. The summed E-state index contributed by atoms with van der Waals surface area (Å²) in [6, 6.07) is 0. The molecule has 1 unspecified atom stereocenters. The summed E-state index contributed by atoms with van der Waals surface area (Å²) in [5, 5.41) is 9.72. The van der Waals surface area contributed by atoms with Crippen LogP contribution in [0.3, 0.4) is 0 Å². The average Bonchev–Trinajstić information content (AvgIpc) is 2.23. The molecule has 92 valence electrons. The van der Waals surface area contributed by atoms with E-state index >= 15 is 0 Å². The number of aliphatic hydroxyl groups is 1. The van der Waals surface area contributed by atoms with Crippen LogP contribution in [0.25, 0.3) is 0 Å². The van der Waals surface area contributed by atoms with Crippen molar-refractivity contribution >= 4 is 0 Å². The van der Waals surface area contributed by atoms with Crippen LogP contribution < -0.4 is 5.73 Å². The van der Waals surface area contributed by atoms with E-state index in [2.05, 4.69) is 11.8 Å². The smallest absolute Gasteiger partial charge is 0.0741 e. The molecule has 0 aliphatic carbocycles. The standard InChI is InChI=1S/C11H26N2O2/c1-4-13(8-9-15-3)7-5-6-11(2,14)10-12/h14H,4-10,12H2,1-3H3. The first-order valence-electron chi connectivity index (χ1n) is 5.69. The molecule has 15 heavy (non-hydrogen) atoms. The summed E-state index contributed by atoms with van der Waals surface area (Å²) in [5.41, 5.74) is 4.74. The molecule has 4 nitrogen and oxygen atoms in total. The van der Waals surface area contributed by atoms with Crippen LogP contribution in [0.2, 0.25) is 0 Å². The minimum atomic E-state index is -0.708. The largest absolute Gasteiger partial charge is 0.389 e. The molecular formula is C11H26N2O2. The van der Waals surface area contributed by atoms with Gasteiger partial charge in [-0.15, -0.1) is 0 Å². The normalized spacial score (nSPS) is 15.6. The van der Waals surface area contributed by atoms with E-state index in [0.29, 0.717) is 6.54 Å². The third-order valence-corrected chi connectivity index (χ3v) is 2.69. The van der Waals surface area contributed by atoms with Gasteiger partial charge in [0.1, 0.15) is 0 Å². The van der Waals surface area contributed by atoms with E-state index in [1.165, 1.54) is 0 Å². The summed E-state index contributed by atoms with van der Waals surface area (Å²) < 4.78 is 5.03. The molecule has 0 aliphatic rings. The number of likely N-dealkylation sites (N-methyl/N-ethyl adjacent to an activating group) is 1. The fraction of sp³-hybridized carbons (Fsp3) is 1.00. The third-order valence-electron chi connectivity index (χ3n) is 2.69. The second kappa shape index (κ2) is 8.05. The number of nitrogens with two attached hydrogens (primary N) is 1. The van der Waals surface area contributed by atoms with Gasteiger partial charge in [-0.3, -0.25) is 0 Å². The van der Waals surface area contributed by atoms with Crippen molar-refractivity contribution in [1.82, 2.24) is 4.90 Å². The highest BCUT2D eigenvalue weighted by molar-refractivity contribution is 4.73. The monoisotopic (exact) mass is 218 g/mol. The molecule has 0 aliphatic heterocycles. The van der Waals surface area contributed by atoms with Crippen LogP contribution in [0.5, 0.6) is 0 Å². The van der Waals surface area contributed by atoms with Gasteiger partial charge < -0.3 is 20.5 Å². The van der Waals surface area contributed by atoms with E-state index in [1.807, 2.05) is 0 Å². The SMILES string of the molecule is CCN(CCCC(C)(O)CN)CCOC. The van der Waals surface area contributed by atoms with Gasteiger partial charge in [0, 0.05) is 20.2 Å². The highest BCUT2D eigenvalue weighted by atomic mass is 16.5. The summed E-state index contributed by atoms with van der Waals surface area (Å²) in [5.74, 6) is 0. The van der Waals surface area contributed by atoms with Crippen molar-refractivity contribution in [2.24, 2.45) is 5.73 Å². The Bertz CT molecular complexity index is 152. The van der Waals surface area contributed by atoms with E-state index < -0.39 is 5.60 Å². The predicted octanol–water partition coefficient (Wildman–Crippen LogP) is 0.445. The van der Waals surface area contributed by atoms with Crippen LogP contribution in [0, 0.1) is 0 Å². The van der Waals surface area contributed by atoms with E-state index in [0.717, 1.165) is 39.1 Å². The van der Waals surface area contributed by atoms with Gasteiger partial charge in [0.05, 0.1) is 12.2 Å². The van der Waals surface area contributed by atoms with Crippen molar-refractivity contribution in [3.05, 3.63) is 0 Å². The first-order chi connectivity index (χ1) is 7.05. The Kier molecular flexibility index (Phi) is 7.96. The topological polar surface area (TPSA) is 58.7 Å². The molecule has 1 atom stereocenters. The first-order valence-corrected chi connectivity index (χ1v) is 5.69. The highest BCUT2D eigenvalue weighted by Crippen LogP contribution is 2.10. The lowest BCUT2D eigenvalue weighted by Gasteiger charge is -2.24. The van der Waals surface area contributed by atoms with Crippen LogP contribution in [0.1, 0.15) is 26.7 Å². The van der Waals surface area contributed by atoms with E-state index in [-0.39, 0.29) is 0 Å². The van der Waals surface area contributed by atoms with Gasteiger partial charge in [-0.1, -0.05) is 6.92 Å². The van der Waals surface area contributed by atoms with Crippen molar-refractivity contribution in [3.8, 4) is 0 Å². The fourth-order valence-corrected chi connectivity index (χ4v) is 1.43. The lowest BCUT2D eigenvalue weighted by atomic mass is 10.0. The lowest BCUT2D eigenvalue weighted by Crippen LogP contribution is -2.36. The number of ether oxygens (including phenoxy) is 1. The molecule has 0 heterocycles. The van der Waals surface area contributed by atoms with Crippen LogP contribution in [0.15, 0.2) is 0 Å². The van der Waals surface area contributed by atoms with Crippen molar-refractivity contribution in [1.29, 1.82) is 0 Å². The van der Waals surface area contributed by atoms with Gasteiger partial charge in [0.25, 0.3) is 0 Å². The molecule has 0 aromatic heterocycles. The summed E-state index contributed by atoms with van der Waals surface area (Å²) in [6.07, 6.45) is 1.73. The molecule has 4 heteroatoms. The molecule has 0 fully saturated rings. The minimum Gasteiger partial charge on any atom is -0.389 e. The summed E-state index contributed by atoms with van der Waals surface area (Å²) in [6.45, 7) is 8.00. The molecule has 0 spiro atoms. The summed E-state index contributed by atoms with van der Waals surface area (Å²) in [4.78, 5) is 2.32. The van der Waals surface area contributed by atoms with Crippen LogP contribution in [-0.4, -0.2) is 55.5 Å². The van der Waals surface area contributed by atoms with Crippen molar-refractivity contribution < 1.29 is 9.84 Å². The average molecular weight is 218 g/mol. The number of nitrogens with zero attached hydrogens (tertiary/aromatic N) is 1. The second-order valence-corrected chi connectivity index (χ2v) is 4.23. The maximum absolute atomic E-state index is 9.72. The maximum atomic E-state index is 9.72. The Morgan fingerprint density at radius 1 is 1.40 bits per heavy atom. The molecule has 0 rings (SSSR count). The Labute approximate surface area is 93.4 Å². The molecule has 3 N–H and O–H groups in total. The molecule has 0 radical (unpaired) electrons. The lowest BCUT2D eigenvalue weighted by molar-refractivity contribution is 0.0534. The Morgan fingerprint density at radius 3 is 2.53 bits per heavy atom. The molecule has 0 aromatic rings. The fourth-order valence-electron chi connectivity index (χ4n) is 1.43. The zero-order valence-corrected chi connectivity index (χ0v) is 10.3. The molecule has 0 bridgehead atoms. The quantitative estimate of drug-likeness (QED) is 0.590. The van der Waals surface area contributed by atoms with Gasteiger partial charge >= 0.3 is 0 Å². The first kappa shape index (κ1) is 14.8. The zero-order valence-electron chi connectivity index (χ0n) is 10.3. The molecule has 0 amide bonds. The summed E-state index contributed by atoms with van der Waals surface area (Å²) in [7, 11) is 1.72. The van der Waals surface area contributed by atoms with E-state index in [4.69, 9.17) is 10.5 Å². The van der Waals surface area contributed by atoms with Crippen LogP contribution in [-0.2, 0) is 4.74 Å². The molecule has 0 aromatic carbocycles. The molecular weight excluding hydrogens is 192 g/mol. The molecule has 0 saturated carbocycles. The number of rotatable bonds is 9. The Balaban J connectivity index is 3.62. The molecule has 0 saturated heterocycles. The number of hydrogen-bond donors (Lipinski definition) is 2. The van der Waals surface area contributed by atoms with Crippen molar-refractivity contribution in [2.45, 2.75) is 32.3 Å². The third kappa shape index (κ3) is 7.73. The van der Waals surface area contributed by atoms with Gasteiger partial charge in [-0.2, -0.15) is 0 Å². The number of methoxy groups -OCH3 is 1. The second-order valence-electron chi connectivity index (χ2n) is 4.23. The van der Waals surface area contributed by atoms with Crippen molar-refractivity contribution in [2.75, 3.05) is 39.9 Å². The zero-order chi connectivity index (χ0) is 11.7. The van der Waals surface area contributed by atoms with E-state index in [9.17, 15) is 5.11 Å². The van der Waals surface area contributed by atoms with Gasteiger partial charge in [-0.25, -0.2) is 0 Å². The van der Waals surface area contributed by atoms with Crippen LogP contribution >= 0.6 is 0 Å². The Hall–Kier alpha value is -0.160. The summed E-state index contributed by atoms with van der Waals surface area (Å²) >= 11 is 0. The highest BCUT2D eigenvalue weighted by Gasteiger charge is 2.17. The van der Waals surface area contributed by atoms with Gasteiger partial charge in [0.15, 0.2) is 0 Å².